The van der Waals surface area contributed by atoms with Crippen LogP contribution >= 0.6 is 0 Å². The van der Waals surface area contributed by atoms with Crippen LogP contribution in [0.25, 0.3) is 0 Å². The molecule has 18 heavy (non-hydrogen) atoms. The van der Waals surface area contributed by atoms with Crippen LogP contribution in [-0.2, 0) is 0 Å². The van der Waals surface area contributed by atoms with Crippen LogP contribution in [0.4, 0.5) is 0 Å². The predicted molar refractivity (Wildman–Crippen MR) is 71.8 cm³/mol. The van der Waals surface area contributed by atoms with Crippen molar-refractivity contribution >= 4 is 0 Å². The first-order chi connectivity index (χ1) is 8.49. The molecule has 0 saturated heterocycles. The van der Waals surface area contributed by atoms with E-state index in [0.717, 1.165) is 25.7 Å². The summed E-state index contributed by atoms with van der Waals surface area (Å²) in [5.74, 6) is 1.12. The van der Waals surface area contributed by atoms with Gasteiger partial charge in [0.2, 0.25) is 0 Å². The molecule has 0 spiro atoms. The van der Waals surface area contributed by atoms with Gasteiger partial charge in [0.15, 0.2) is 12.1 Å². The third kappa shape index (κ3) is 8.70. The molecule has 0 aromatic carbocycles. The van der Waals surface area contributed by atoms with Gasteiger partial charge >= 0.3 is 0 Å². The standard InChI is InChI=1S/C14H24N4/c1-11(2)5-7-13(9-15)17-18-14(10-16)8-6-12(3)4/h11-14H,5-8H2,1-4H3. The maximum atomic E-state index is 8.96. The van der Waals surface area contributed by atoms with Crippen LogP contribution in [0.3, 0.4) is 0 Å². The molecule has 2 atom stereocenters. The Kier molecular flexibility index (Phi) is 8.84. The van der Waals surface area contributed by atoms with Crippen LogP contribution in [0.2, 0.25) is 0 Å². The summed E-state index contributed by atoms with van der Waals surface area (Å²) in [6.07, 6.45) is 3.36. The molecule has 0 saturated carbocycles. The molecular weight excluding hydrogens is 224 g/mol. The van der Waals surface area contributed by atoms with E-state index in [0.29, 0.717) is 11.8 Å². The third-order valence-electron chi connectivity index (χ3n) is 2.68. The molecular formula is C14H24N4. The van der Waals surface area contributed by atoms with Gasteiger partial charge < -0.3 is 0 Å². The Morgan fingerprint density at radius 3 is 1.28 bits per heavy atom. The quantitative estimate of drug-likeness (QED) is 0.607. The minimum absolute atomic E-state index is 0.401. The van der Waals surface area contributed by atoms with Crippen molar-refractivity contribution in [2.75, 3.05) is 0 Å². The molecule has 0 aliphatic rings. The first-order valence-electron chi connectivity index (χ1n) is 6.68. The fourth-order valence-electron chi connectivity index (χ4n) is 1.44. The zero-order chi connectivity index (χ0) is 14.0. The van der Waals surface area contributed by atoms with Crippen LogP contribution in [-0.4, -0.2) is 12.1 Å². The molecule has 0 aliphatic heterocycles. The summed E-state index contributed by atoms with van der Waals surface area (Å²) < 4.78 is 0. The molecule has 4 heteroatoms. The van der Waals surface area contributed by atoms with Crippen LogP contribution in [0.5, 0.6) is 0 Å². The number of nitriles is 2. The second-order valence-electron chi connectivity index (χ2n) is 5.46. The molecule has 0 N–H and O–H groups in total. The van der Waals surface area contributed by atoms with Crippen molar-refractivity contribution in [2.24, 2.45) is 22.1 Å². The van der Waals surface area contributed by atoms with E-state index >= 15 is 0 Å². The maximum absolute atomic E-state index is 8.96. The summed E-state index contributed by atoms with van der Waals surface area (Å²) in [7, 11) is 0. The lowest BCUT2D eigenvalue weighted by molar-refractivity contribution is 0.504. The minimum atomic E-state index is -0.401. The average molecular weight is 248 g/mol. The van der Waals surface area contributed by atoms with Gasteiger partial charge in [0, 0.05) is 0 Å². The summed E-state index contributed by atoms with van der Waals surface area (Å²) in [6.45, 7) is 8.47. The second-order valence-corrected chi connectivity index (χ2v) is 5.46. The van der Waals surface area contributed by atoms with Crippen molar-refractivity contribution in [3.8, 4) is 12.1 Å². The first kappa shape index (κ1) is 16.6. The monoisotopic (exact) mass is 248 g/mol. The SMILES string of the molecule is CC(C)CCC(C#N)N=NC(C#N)CCC(C)C. The van der Waals surface area contributed by atoms with Gasteiger partial charge in [-0.25, -0.2) is 0 Å². The van der Waals surface area contributed by atoms with E-state index in [9.17, 15) is 0 Å². The molecule has 0 radical (unpaired) electrons. The lowest BCUT2D eigenvalue weighted by Gasteiger charge is -2.07. The average Bonchev–Trinajstić information content (AvgIpc) is 2.32. The lowest BCUT2D eigenvalue weighted by Crippen LogP contribution is -2.06. The maximum Gasteiger partial charge on any atom is 0.157 e. The number of nitrogens with zero attached hydrogens (tertiary/aromatic N) is 4. The van der Waals surface area contributed by atoms with Gasteiger partial charge in [-0.3, -0.25) is 0 Å². The molecule has 0 fully saturated rings. The molecule has 0 rings (SSSR count). The van der Waals surface area contributed by atoms with Gasteiger partial charge in [0.25, 0.3) is 0 Å². The van der Waals surface area contributed by atoms with E-state index in [-0.39, 0.29) is 0 Å². The van der Waals surface area contributed by atoms with Gasteiger partial charge in [-0.15, -0.1) is 0 Å². The van der Waals surface area contributed by atoms with E-state index in [1.165, 1.54) is 0 Å². The summed E-state index contributed by atoms with van der Waals surface area (Å²) >= 11 is 0. The summed E-state index contributed by atoms with van der Waals surface area (Å²) in [4.78, 5) is 0. The topological polar surface area (TPSA) is 72.3 Å². The van der Waals surface area contributed by atoms with Gasteiger partial charge in [-0.2, -0.15) is 20.8 Å². The predicted octanol–water partition coefficient (Wildman–Crippen LogP) is 4.10. The fraction of sp³-hybridized carbons (Fsp3) is 0.857. The molecule has 100 valence electrons. The Labute approximate surface area is 111 Å². The van der Waals surface area contributed by atoms with E-state index in [4.69, 9.17) is 10.5 Å². The van der Waals surface area contributed by atoms with Crippen molar-refractivity contribution in [3.63, 3.8) is 0 Å². The van der Waals surface area contributed by atoms with Crippen molar-refractivity contribution in [1.29, 1.82) is 10.5 Å². The Bertz CT molecular complexity index is 288. The molecule has 0 amide bonds. The minimum Gasteiger partial charge on any atom is -0.196 e. The summed E-state index contributed by atoms with van der Waals surface area (Å²) in [5.41, 5.74) is 0. The van der Waals surface area contributed by atoms with Crippen molar-refractivity contribution in [1.82, 2.24) is 0 Å². The smallest absolute Gasteiger partial charge is 0.157 e. The van der Waals surface area contributed by atoms with E-state index in [1.54, 1.807) is 0 Å². The van der Waals surface area contributed by atoms with Crippen molar-refractivity contribution in [2.45, 2.75) is 65.5 Å². The van der Waals surface area contributed by atoms with Crippen molar-refractivity contribution < 1.29 is 0 Å². The molecule has 0 aromatic heterocycles. The normalized spacial score (nSPS) is 14.7. The number of hydrogen-bond donors (Lipinski definition) is 0. The number of hydrogen-bond acceptors (Lipinski definition) is 4. The van der Waals surface area contributed by atoms with Gasteiger partial charge in [-0.1, -0.05) is 27.7 Å². The first-order valence-corrected chi connectivity index (χ1v) is 6.68. The molecule has 0 aromatic rings. The summed E-state index contributed by atoms with van der Waals surface area (Å²) in [5, 5.41) is 25.9. The third-order valence-corrected chi connectivity index (χ3v) is 2.68. The Morgan fingerprint density at radius 1 is 0.722 bits per heavy atom. The highest BCUT2D eigenvalue weighted by Gasteiger charge is 2.10. The summed E-state index contributed by atoms with van der Waals surface area (Å²) in [6, 6.07) is 3.46. The zero-order valence-corrected chi connectivity index (χ0v) is 11.9. The molecule has 0 bridgehead atoms. The highest BCUT2D eigenvalue weighted by molar-refractivity contribution is 4.92. The van der Waals surface area contributed by atoms with Gasteiger partial charge in [0.05, 0.1) is 12.1 Å². The van der Waals surface area contributed by atoms with Crippen LogP contribution in [0.15, 0.2) is 10.2 Å². The number of azo groups is 1. The number of rotatable bonds is 8. The lowest BCUT2D eigenvalue weighted by atomic mass is 10.0. The Morgan fingerprint density at radius 2 is 1.06 bits per heavy atom. The van der Waals surface area contributed by atoms with E-state index in [1.807, 2.05) is 0 Å². The molecule has 4 nitrogen and oxygen atoms in total. The van der Waals surface area contributed by atoms with Crippen LogP contribution < -0.4 is 0 Å². The van der Waals surface area contributed by atoms with Crippen LogP contribution in [0, 0.1) is 34.5 Å². The molecule has 0 aliphatic carbocycles. The van der Waals surface area contributed by atoms with Crippen molar-refractivity contribution in [3.05, 3.63) is 0 Å². The van der Waals surface area contributed by atoms with Gasteiger partial charge in [-0.05, 0) is 37.5 Å². The zero-order valence-electron chi connectivity index (χ0n) is 11.9. The van der Waals surface area contributed by atoms with Gasteiger partial charge in [0.1, 0.15) is 0 Å². The Hall–Kier alpha value is -1.42. The van der Waals surface area contributed by atoms with E-state index in [2.05, 4.69) is 50.1 Å². The molecule has 2 unspecified atom stereocenters. The van der Waals surface area contributed by atoms with Crippen LogP contribution in [0.1, 0.15) is 53.4 Å². The highest BCUT2D eigenvalue weighted by atomic mass is 15.1. The highest BCUT2D eigenvalue weighted by Crippen LogP contribution is 2.12. The van der Waals surface area contributed by atoms with E-state index < -0.39 is 12.1 Å². The fourth-order valence-corrected chi connectivity index (χ4v) is 1.44. The largest absolute Gasteiger partial charge is 0.196 e. The Balaban J connectivity index is 4.21. The molecule has 0 heterocycles. The second kappa shape index (κ2) is 9.59.